The molecule has 0 spiro atoms. The zero-order valence-corrected chi connectivity index (χ0v) is 9.95. The maximum Gasteiger partial charge on any atom is 0.150 e. The van der Waals surface area contributed by atoms with Crippen molar-refractivity contribution in [3.8, 4) is 0 Å². The van der Waals surface area contributed by atoms with Crippen molar-refractivity contribution in [1.29, 1.82) is 0 Å². The maximum absolute atomic E-state index is 4.39. The van der Waals surface area contributed by atoms with Crippen molar-refractivity contribution >= 4 is 0 Å². The van der Waals surface area contributed by atoms with Crippen molar-refractivity contribution in [2.75, 3.05) is 6.54 Å². The summed E-state index contributed by atoms with van der Waals surface area (Å²) in [6, 6.07) is 1.11. The van der Waals surface area contributed by atoms with Crippen LogP contribution in [0.15, 0.2) is 0 Å². The summed E-state index contributed by atoms with van der Waals surface area (Å²) in [7, 11) is 0. The third-order valence-corrected chi connectivity index (χ3v) is 3.95. The topological polar surface area (TPSA) is 42.7 Å². The Morgan fingerprint density at radius 2 is 1.94 bits per heavy atom. The first-order valence-corrected chi connectivity index (χ1v) is 6.51. The van der Waals surface area contributed by atoms with Gasteiger partial charge in [0.25, 0.3) is 0 Å². The molecular formula is C12H20N4. The summed E-state index contributed by atoms with van der Waals surface area (Å²) in [4.78, 5) is 0. The molecule has 1 saturated heterocycles. The fraction of sp³-hybridized carbons (Fsp3) is 0.833. The minimum Gasteiger partial charge on any atom is -0.311 e. The van der Waals surface area contributed by atoms with Crippen LogP contribution in [0.3, 0.4) is 0 Å². The Hall–Kier alpha value is -0.900. The van der Waals surface area contributed by atoms with E-state index in [1.165, 1.54) is 44.3 Å². The summed E-state index contributed by atoms with van der Waals surface area (Å²) in [6.45, 7) is 3.21. The molecule has 3 rings (SSSR count). The van der Waals surface area contributed by atoms with E-state index >= 15 is 0 Å². The molecule has 1 atom stereocenters. The first-order valence-electron chi connectivity index (χ1n) is 6.51. The van der Waals surface area contributed by atoms with E-state index in [-0.39, 0.29) is 0 Å². The van der Waals surface area contributed by atoms with Crippen molar-refractivity contribution in [2.24, 2.45) is 0 Å². The van der Waals surface area contributed by atoms with Crippen molar-refractivity contribution in [3.63, 3.8) is 0 Å². The average molecular weight is 220 g/mol. The lowest BCUT2D eigenvalue weighted by Crippen LogP contribution is -2.20. The maximum atomic E-state index is 4.39. The highest BCUT2D eigenvalue weighted by Gasteiger charge is 2.27. The molecule has 4 nitrogen and oxygen atoms in total. The lowest BCUT2D eigenvalue weighted by Gasteiger charge is -2.18. The largest absolute Gasteiger partial charge is 0.311 e. The number of hydrogen-bond donors (Lipinski definition) is 1. The van der Waals surface area contributed by atoms with E-state index in [2.05, 4.69) is 27.0 Å². The third kappa shape index (κ3) is 1.65. The minimum atomic E-state index is 0.446. The van der Waals surface area contributed by atoms with Crippen molar-refractivity contribution in [1.82, 2.24) is 20.1 Å². The zero-order chi connectivity index (χ0) is 11.0. The first kappa shape index (κ1) is 10.3. The molecule has 1 aromatic rings. The molecule has 0 unspecified atom stereocenters. The van der Waals surface area contributed by atoms with Gasteiger partial charge < -0.3 is 9.88 Å². The van der Waals surface area contributed by atoms with Crippen molar-refractivity contribution < 1.29 is 0 Å². The molecule has 0 aromatic carbocycles. The van der Waals surface area contributed by atoms with E-state index in [9.17, 15) is 0 Å². The number of hydrogen-bond acceptors (Lipinski definition) is 3. The van der Waals surface area contributed by atoms with Gasteiger partial charge in [-0.2, -0.15) is 0 Å². The standard InChI is InChI=1S/C12H20N4/c1-9-14-15-12(11-7-4-8-13-11)16(9)10-5-2-3-6-10/h10-11,13H,2-8H2,1H3/t11-/m0/s1. The van der Waals surface area contributed by atoms with Crippen LogP contribution >= 0.6 is 0 Å². The highest BCUT2D eigenvalue weighted by Crippen LogP contribution is 2.33. The van der Waals surface area contributed by atoms with E-state index in [1.54, 1.807) is 0 Å². The molecular weight excluding hydrogens is 200 g/mol. The predicted molar refractivity (Wildman–Crippen MR) is 62.2 cm³/mol. The van der Waals surface area contributed by atoms with Crippen LogP contribution in [0.2, 0.25) is 0 Å². The molecule has 1 aromatic heterocycles. The van der Waals surface area contributed by atoms with Crippen LogP contribution in [-0.4, -0.2) is 21.3 Å². The van der Waals surface area contributed by atoms with Gasteiger partial charge in [-0.3, -0.25) is 0 Å². The van der Waals surface area contributed by atoms with E-state index in [4.69, 9.17) is 0 Å². The van der Waals surface area contributed by atoms with Gasteiger partial charge in [0.15, 0.2) is 0 Å². The van der Waals surface area contributed by atoms with Crippen LogP contribution in [0.4, 0.5) is 0 Å². The SMILES string of the molecule is Cc1nnc([C@@H]2CCCN2)n1C1CCCC1. The summed E-state index contributed by atoms with van der Waals surface area (Å²) in [6.07, 6.45) is 7.81. The van der Waals surface area contributed by atoms with E-state index < -0.39 is 0 Å². The van der Waals surface area contributed by atoms with Crippen LogP contribution in [0.5, 0.6) is 0 Å². The molecule has 2 aliphatic rings. The average Bonchev–Trinajstić information content (AvgIpc) is 2.96. The Bertz CT molecular complexity index is 359. The van der Waals surface area contributed by atoms with Gasteiger partial charge in [0.05, 0.1) is 6.04 Å². The normalized spacial score (nSPS) is 26.7. The van der Waals surface area contributed by atoms with Gasteiger partial charge in [-0.1, -0.05) is 12.8 Å². The summed E-state index contributed by atoms with van der Waals surface area (Å²) in [5.74, 6) is 2.28. The van der Waals surface area contributed by atoms with Gasteiger partial charge in [-0.05, 0) is 39.2 Å². The highest BCUT2D eigenvalue weighted by molar-refractivity contribution is 5.05. The van der Waals surface area contributed by atoms with Gasteiger partial charge in [-0.15, -0.1) is 10.2 Å². The molecule has 0 radical (unpaired) electrons. The molecule has 88 valence electrons. The fourth-order valence-electron chi connectivity index (χ4n) is 3.14. The van der Waals surface area contributed by atoms with Crippen molar-refractivity contribution in [3.05, 3.63) is 11.6 Å². The van der Waals surface area contributed by atoms with Gasteiger partial charge in [0.1, 0.15) is 11.6 Å². The van der Waals surface area contributed by atoms with E-state index in [1.807, 2.05) is 0 Å². The molecule has 1 saturated carbocycles. The molecule has 16 heavy (non-hydrogen) atoms. The van der Waals surface area contributed by atoms with Gasteiger partial charge in [0, 0.05) is 6.04 Å². The molecule has 0 amide bonds. The summed E-state index contributed by atoms with van der Waals surface area (Å²) >= 11 is 0. The number of nitrogens with zero attached hydrogens (tertiary/aromatic N) is 3. The molecule has 1 aliphatic heterocycles. The second-order valence-corrected chi connectivity index (χ2v) is 5.06. The fourth-order valence-corrected chi connectivity index (χ4v) is 3.14. The lowest BCUT2D eigenvalue weighted by molar-refractivity contribution is 0.455. The second-order valence-electron chi connectivity index (χ2n) is 5.06. The number of rotatable bonds is 2. The zero-order valence-electron chi connectivity index (χ0n) is 9.95. The van der Waals surface area contributed by atoms with Crippen LogP contribution in [-0.2, 0) is 0 Å². The monoisotopic (exact) mass is 220 g/mol. The smallest absolute Gasteiger partial charge is 0.150 e. The Morgan fingerprint density at radius 3 is 2.62 bits per heavy atom. The predicted octanol–water partition coefficient (Wildman–Crippen LogP) is 2.13. The first-order chi connectivity index (χ1) is 7.86. The summed E-state index contributed by atoms with van der Waals surface area (Å²) in [5, 5.41) is 12.2. The molecule has 1 aliphatic carbocycles. The molecule has 2 fully saturated rings. The molecule has 2 heterocycles. The third-order valence-electron chi connectivity index (χ3n) is 3.95. The Labute approximate surface area is 96.4 Å². The summed E-state index contributed by atoms with van der Waals surface area (Å²) in [5.41, 5.74) is 0. The quantitative estimate of drug-likeness (QED) is 0.830. The van der Waals surface area contributed by atoms with E-state index in [0.717, 1.165) is 12.4 Å². The van der Waals surface area contributed by atoms with Gasteiger partial charge in [0.2, 0.25) is 0 Å². The van der Waals surface area contributed by atoms with Gasteiger partial charge >= 0.3 is 0 Å². The molecule has 0 bridgehead atoms. The van der Waals surface area contributed by atoms with Crippen LogP contribution in [0, 0.1) is 6.92 Å². The van der Waals surface area contributed by atoms with Crippen LogP contribution < -0.4 is 5.32 Å². The Kier molecular flexibility index (Phi) is 2.67. The number of aryl methyl sites for hydroxylation is 1. The van der Waals surface area contributed by atoms with Crippen LogP contribution in [0.1, 0.15) is 62.3 Å². The summed E-state index contributed by atoms with van der Waals surface area (Å²) < 4.78 is 2.40. The lowest BCUT2D eigenvalue weighted by atomic mass is 10.2. The number of nitrogens with one attached hydrogen (secondary N) is 1. The highest BCUT2D eigenvalue weighted by atomic mass is 15.3. The molecule has 1 N–H and O–H groups in total. The number of aromatic nitrogens is 3. The van der Waals surface area contributed by atoms with Crippen molar-refractivity contribution in [2.45, 2.75) is 57.5 Å². The second kappa shape index (κ2) is 4.17. The Morgan fingerprint density at radius 1 is 1.12 bits per heavy atom. The Balaban J connectivity index is 1.91. The van der Waals surface area contributed by atoms with E-state index in [0.29, 0.717) is 12.1 Å². The van der Waals surface area contributed by atoms with Crippen LogP contribution in [0.25, 0.3) is 0 Å². The van der Waals surface area contributed by atoms with Gasteiger partial charge in [-0.25, -0.2) is 0 Å². The minimum absolute atomic E-state index is 0.446. The molecule has 4 heteroatoms.